The summed E-state index contributed by atoms with van der Waals surface area (Å²) in [6.45, 7) is 2.22. The highest BCUT2D eigenvalue weighted by Crippen LogP contribution is 2.05. The molecule has 4 nitrogen and oxygen atoms in total. The van der Waals surface area contributed by atoms with Gasteiger partial charge in [-0.2, -0.15) is 0 Å². The van der Waals surface area contributed by atoms with Gasteiger partial charge < -0.3 is 10.5 Å². The Balaban J connectivity index is 3.56. The second kappa shape index (κ2) is 19.0. The Morgan fingerprint density at radius 3 is 1.81 bits per heavy atom. The molecule has 1 unspecified atom stereocenters. The van der Waals surface area contributed by atoms with Crippen LogP contribution in [0.2, 0.25) is 0 Å². The lowest BCUT2D eigenvalue weighted by Gasteiger charge is -2.06. The van der Waals surface area contributed by atoms with Gasteiger partial charge in [0, 0.05) is 6.42 Å². The summed E-state index contributed by atoms with van der Waals surface area (Å²) in [6.07, 6.45) is 26.8. The number of nitrogens with two attached hydrogens (primary N) is 1. The average Bonchev–Trinajstić information content (AvgIpc) is 2.64. The lowest BCUT2D eigenvalue weighted by atomic mass is 10.2. The van der Waals surface area contributed by atoms with Crippen molar-refractivity contribution in [3.63, 3.8) is 0 Å². The van der Waals surface area contributed by atoms with E-state index in [1.54, 1.807) is 0 Å². The third-order valence-electron chi connectivity index (χ3n) is 3.67. The van der Waals surface area contributed by atoms with Gasteiger partial charge in [0.1, 0.15) is 0 Å². The van der Waals surface area contributed by atoms with E-state index in [4.69, 9.17) is 17.3 Å². The minimum absolute atomic E-state index is 0.217. The van der Waals surface area contributed by atoms with Crippen molar-refractivity contribution in [1.29, 1.82) is 0 Å². The molecule has 0 saturated carbocycles. The standard InChI is InChI=1S/C22H34ClNO3/c1-2-3-4-5-6-7-8-9-10-11-12-13-14-15-16-17-18-19-20(25)27-21(23)22(24)26/h6-7,9-10,12-13,15-16,21H,2-5,8,11,14,17-19H2,1H3,(H2,24,26). The lowest BCUT2D eigenvalue weighted by Crippen LogP contribution is -2.28. The number of carbonyl (C=O) groups excluding carboxylic acids is 2. The Morgan fingerprint density at radius 1 is 0.852 bits per heavy atom. The molecule has 2 N–H and O–H groups in total. The molecule has 0 rings (SSSR count). The molecule has 1 amide bonds. The number of halogens is 1. The maximum Gasteiger partial charge on any atom is 0.307 e. The molecule has 0 spiro atoms. The first-order valence-corrected chi connectivity index (χ1v) is 10.2. The summed E-state index contributed by atoms with van der Waals surface area (Å²) in [4.78, 5) is 22.0. The van der Waals surface area contributed by atoms with Crippen molar-refractivity contribution in [1.82, 2.24) is 0 Å². The zero-order chi connectivity index (χ0) is 20.2. The minimum Gasteiger partial charge on any atom is -0.436 e. The van der Waals surface area contributed by atoms with Crippen LogP contribution in [-0.4, -0.2) is 17.4 Å². The molecular weight excluding hydrogens is 362 g/mol. The number of esters is 1. The molecule has 0 bridgehead atoms. The van der Waals surface area contributed by atoms with Gasteiger partial charge in [-0.05, 0) is 44.9 Å². The van der Waals surface area contributed by atoms with Crippen LogP contribution in [0.1, 0.15) is 71.1 Å². The molecule has 0 aromatic rings. The van der Waals surface area contributed by atoms with E-state index in [0.717, 1.165) is 25.7 Å². The van der Waals surface area contributed by atoms with Crippen LogP contribution >= 0.6 is 11.6 Å². The quantitative estimate of drug-likeness (QED) is 0.157. The highest BCUT2D eigenvalue weighted by Gasteiger charge is 2.15. The van der Waals surface area contributed by atoms with Gasteiger partial charge >= 0.3 is 5.97 Å². The smallest absolute Gasteiger partial charge is 0.307 e. The number of hydrogen-bond donors (Lipinski definition) is 1. The van der Waals surface area contributed by atoms with Crippen LogP contribution in [0.15, 0.2) is 48.6 Å². The third kappa shape index (κ3) is 18.8. The summed E-state index contributed by atoms with van der Waals surface area (Å²) in [5.41, 5.74) is 3.53. The van der Waals surface area contributed by atoms with Gasteiger partial charge in [0.15, 0.2) is 0 Å². The second-order valence-corrected chi connectivity index (χ2v) is 6.59. The number of primary amides is 1. The van der Waals surface area contributed by atoms with E-state index >= 15 is 0 Å². The van der Waals surface area contributed by atoms with Crippen molar-refractivity contribution < 1.29 is 14.3 Å². The van der Waals surface area contributed by atoms with Gasteiger partial charge in [0.2, 0.25) is 0 Å². The molecule has 0 radical (unpaired) electrons. The summed E-state index contributed by atoms with van der Waals surface area (Å²) in [5, 5.41) is 0. The Hall–Kier alpha value is -1.81. The summed E-state index contributed by atoms with van der Waals surface area (Å²) in [7, 11) is 0. The number of carbonyl (C=O) groups is 2. The van der Waals surface area contributed by atoms with Gasteiger partial charge in [0.25, 0.3) is 11.5 Å². The number of rotatable bonds is 16. The number of unbranched alkanes of at least 4 members (excludes halogenated alkanes) is 4. The average molecular weight is 396 g/mol. The van der Waals surface area contributed by atoms with Crippen LogP contribution < -0.4 is 5.73 Å². The summed E-state index contributed by atoms with van der Waals surface area (Å²) >= 11 is 5.44. The maximum atomic E-state index is 11.4. The molecule has 5 heteroatoms. The maximum absolute atomic E-state index is 11.4. The van der Waals surface area contributed by atoms with E-state index in [-0.39, 0.29) is 6.42 Å². The predicted molar refractivity (Wildman–Crippen MR) is 113 cm³/mol. The van der Waals surface area contributed by atoms with E-state index < -0.39 is 17.4 Å². The molecule has 0 heterocycles. The van der Waals surface area contributed by atoms with Crippen molar-refractivity contribution >= 4 is 23.5 Å². The SMILES string of the molecule is CCCCCC=CCC=CCC=CCC=CCCCC(=O)OC(Cl)C(N)=O. The third-order valence-corrected chi connectivity index (χ3v) is 3.97. The second-order valence-electron chi connectivity index (χ2n) is 6.19. The number of allylic oxidation sites excluding steroid dienone is 8. The van der Waals surface area contributed by atoms with Crippen molar-refractivity contribution in [3.05, 3.63) is 48.6 Å². The first-order chi connectivity index (χ1) is 13.1. The minimum atomic E-state index is -1.38. The molecule has 0 aliphatic rings. The van der Waals surface area contributed by atoms with Crippen LogP contribution in [0.4, 0.5) is 0 Å². The van der Waals surface area contributed by atoms with E-state index in [1.807, 2.05) is 6.08 Å². The summed E-state index contributed by atoms with van der Waals surface area (Å²) < 4.78 is 4.65. The van der Waals surface area contributed by atoms with E-state index in [2.05, 4.69) is 54.2 Å². The predicted octanol–water partition coefficient (Wildman–Crippen LogP) is 5.73. The summed E-state index contributed by atoms with van der Waals surface area (Å²) in [5.74, 6) is -1.37. The molecule has 0 saturated heterocycles. The fraction of sp³-hybridized carbons (Fsp3) is 0.545. The van der Waals surface area contributed by atoms with E-state index in [0.29, 0.717) is 6.42 Å². The largest absolute Gasteiger partial charge is 0.436 e. The topological polar surface area (TPSA) is 69.4 Å². The molecule has 1 atom stereocenters. The molecule has 152 valence electrons. The van der Waals surface area contributed by atoms with E-state index in [9.17, 15) is 9.59 Å². The number of alkyl halides is 1. The van der Waals surface area contributed by atoms with Crippen LogP contribution in [0.25, 0.3) is 0 Å². The molecule has 0 aliphatic heterocycles. The Labute approximate surface area is 169 Å². The number of ether oxygens (including phenoxy) is 1. The van der Waals surface area contributed by atoms with Crippen LogP contribution in [0, 0.1) is 0 Å². The van der Waals surface area contributed by atoms with E-state index in [1.165, 1.54) is 25.7 Å². The van der Waals surface area contributed by atoms with Gasteiger partial charge in [0.05, 0.1) is 0 Å². The fourth-order valence-corrected chi connectivity index (χ4v) is 2.26. The molecule has 0 fully saturated rings. The molecular formula is C22H34ClNO3. The lowest BCUT2D eigenvalue weighted by molar-refractivity contribution is -0.150. The van der Waals surface area contributed by atoms with Gasteiger partial charge in [-0.25, -0.2) is 0 Å². The molecule has 0 aliphatic carbocycles. The Bertz CT molecular complexity index is 510. The first-order valence-electron chi connectivity index (χ1n) is 9.80. The summed E-state index contributed by atoms with van der Waals surface area (Å²) in [6, 6.07) is 0. The Morgan fingerprint density at radius 2 is 1.33 bits per heavy atom. The molecule has 0 aromatic heterocycles. The zero-order valence-electron chi connectivity index (χ0n) is 16.4. The van der Waals surface area contributed by atoms with Crippen molar-refractivity contribution in [2.75, 3.05) is 0 Å². The highest BCUT2D eigenvalue weighted by molar-refractivity contribution is 6.29. The van der Waals surface area contributed by atoms with Crippen LogP contribution in [0.5, 0.6) is 0 Å². The highest BCUT2D eigenvalue weighted by atomic mass is 35.5. The monoisotopic (exact) mass is 395 g/mol. The van der Waals surface area contributed by atoms with Crippen molar-refractivity contribution in [3.8, 4) is 0 Å². The molecule has 27 heavy (non-hydrogen) atoms. The van der Waals surface area contributed by atoms with Crippen LogP contribution in [-0.2, 0) is 14.3 Å². The van der Waals surface area contributed by atoms with Gasteiger partial charge in [-0.3, -0.25) is 9.59 Å². The van der Waals surface area contributed by atoms with Crippen LogP contribution in [0.3, 0.4) is 0 Å². The number of hydrogen-bond acceptors (Lipinski definition) is 3. The fourth-order valence-electron chi connectivity index (χ4n) is 2.16. The normalized spacial score (nSPS) is 13.3. The van der Waals surface area contributed by atoms with Gasteiger partial charge in [-0.15, -0.1) is 0 Å². The molecule has 0 aromatic carbocycles. The van der Waals surface area contributed by atoms with Crippen molar-refractivity contribution in [2.24, 2.45) is 5.73 Å². The number of amides is 1. The first kappa shape index (κ1) is 25.2. The van der Waals surface area contributed by atoms with Gasteiger partial charge in [-0.1, -0.05) is 80.0 Å². The Kier molecular flexibility index (Phi) is 17.7. The zero-order valence-corrected chi connectivity index (χ0v) is 17.2. The van der Waals surface area contributed by atoms with Crippen molar-refractivity contribution in [2.45, 2.75) is 76.7 Å².